The number of thiazole rings is 1. The van der Waals surface area contributed by atoms with Gasteiger partial charge in [0.15, 0.2) is 0 Å². The molecule has 3 aromatic rings. The molecule has 1 saturated carbocycles. The molecule has 9 heteroatoms. The van der Waals surface area contributed by atoms with Crippen molar-refractivity contribution in [1.29, 1.82) is 0 Å². The summed E-state index contributed by atoms with van der Waals surface area (Å²) in [5.74, 6) is 0.334. The number of hydrogen-bond acceptors (Lipinski definition) is 7. The fourth-order valence-corrected chi connectivity index (χ4v) is 4.92. The summed E-state index contributed by atoms with van der Waals surface area (Å²) in [6.45, 7) is 2.63. The number of tetrazole rings is 1. The zero-order valence-corrected chi connectivity index (χ0v) is 18.0. The number of nitrogens with zero attached hydrogens (tertiary/aromatic N) is 5. The first-order chi connectivity index (χ1) is 14.2. The van der Waals surface area contributed by atoms with E-state index in [9.17, 15) is 4.79 Å². The monoisotopic (exact) mass is 428 g/mol. The molecule has 0 bridgehead atoms. The lowest BCUT2D eigenvalue weighted by molar-refractivity contribution is -0.118. The van der Waals surface area contributed by atoms with Crippen molar-refractivity contribution < 1.29 is 4.79 Å². The van der Waals surface area contributed by atoms with Crippen LogP contribution in [-0.2, 0) is 11.2 Å². The topological polar surface area (TPSA) is 85.6 Å². The quantitative estimate of drug-likeness (QED) is 0.551. The number of carbonyl (C=O) groups excluding carboxylic acids is 1. The second kappa shape index (κ2) is 9.49. The Hall–Kier alpha value is -2.26. The van der Waals surface area contributed by atoms with Crippen LogP contribution in [0.15, 0.2) is 34.8 Å². The van der Waals surface area contributed by atoms with Crippen molar-refractivity contribution in [3.63, 3.8) is 0 Å². The second-order valence-electron chi connectivity index (χ2n) is 7.18. The van der Waals surface area contributed by atoms with E-state index in [1.165, 1.54) is 30.2 Å². The lowest BCUT2D eigenvalue weighted by Gasteiger charge is -2.10. The highest BCUT2D eigenvalue weighted by atomic mass is 32.2. The Bertz CT molecular complexity index is 946. The fraction of sp³-hybridized carbons (Fsp3) is 0.450. The van der Waals surface area contributed by atoms with Crippen LogP contribution in [0.5, 0.6) is 0 Å². The highest BCUT2D eigenvalue weighted by Gasteiger charge is 2.22. The number of thioether (sulfide) groups is 1. The standard InChI is InChI=1S/C20H24N6OS2/c1-14-22-18(12-28-14)16-8-6-15(7-9-16)10-11-21-19(27)13-29-20-23-24-25-26(20)17-4-2-3-5-17/h6-9,12,17H,2-5,10-11,13H2,1H3,(H,21,27). The first kappa shape index (κ1) is 20.0. The predicted molar refractivity (Wildman–Crippen MR) is 115 cm³/mol. The summed E-state index contributed by atoms with van der Waals surface area (Å²) in [5.41, 5.74) is 3.33. The van der Waals surface area contributed by atoms with E-state index in [4.69, 9.17) is 0 Å². The number of nitrogens with one attached hydrogen (secondary N) is 1. The van der Waals surface area contributed by atoms with E-state index in [2.05, 4.69) is 55.5 Å². The van der Waals surface area contributed by atoms with E-state index in [0.717, 1.165) is 40.7 Å². The number of amides is 1. The van der Waals surface area contributed by atoms with Crippen molar-refractivity contribution in [2.45, 2.75) is 50.2 Å². The van der Waals surface area contributed by atoms with Crippen LogP contribution in [0.4, 0.5) is 0 Å². The Labute approximate surface area is 178 Å². The van der Waals surface area contributed by atoms with Crippen LogP contribution < -0.4 is 5.32 Å². The second-order valence-corrected chi connectivity index (χ2v) is 9.19. The smallest absolute Gasteiger partial charge is 0.230 e. The summed E-state index contributed by atoms with van der Waals surface area (Å²) in [7, 11) is 0. The van der Waals surface area contributed by atoms with Gasteiger partial charge in [0, 0.05) is 17.5 Å². The maximum atomic E-state index is 12.2. The molecule has 1 aliphatic carbocycles. The third-order valence-electron chi connectivity index (χ3n) is 5.07. The Morgan fingerprint density at radius 2 is 2.07 bits per heavy atom. The van der Waals surface area contributed by atoms with Gasteiger partial charge < -0.3 is 5.32 Å². The maximum Gasteiger partial charge on any atom is 0.230 e. The molecule has 152 valence electrons. The Kier molecular flexibility index (Phi) is 6.56. The van der Waals surface area contributed by atoms with Crippen LogP contribution in [0.25, 0.3) is 11.3 Å². The van der Waals surface area contributed by atoms with Gasteiger partial charge in [-0.05, 0) is 42.2 Å². The minimum absolute atomic E-state index is 0.00513. The van der Waals surface area contributed by atoms with E-state index in [1.54, 1.807) is 11.3 Å². The molecule has 1 N–H and O–H groups in total. The van der Waals surface area contributed by atoms with Crippen molar-refractivity contribution in [3.8, 4) is 11.3 Å². The molecular weight excluding hydrogens is 404 g/mol. The normalized spacial score (nSPS) is 14.4. The van der Waals surface area contributed by atoms with Crippen molar-refractivity contribution >= 4 is 29.0 Å². The average Bonchev–Trinajstić information content (AvgIpc) is 3.48. The molecule has 1 aliphatic rings. The van der Waals surface area contributed by atoms with Crippen LogP contribution in [0.1, 0.15) is 42.3 Å². The molecule has 0 spiro atoms. The van der Waals surface area contributed by atoms with E-state index in [0.29, 0.717) is 18.3 Å². The number of benzene rings is 1. The molecule has 0 unspecified atom stereocenters. The summed E-state index contributed by atoms with van der Waals surface area (Å²) in [6.07, 6.45) is 5.48. The van der Waals surface area contributed by atoms with Gasteiger partial charge in [0.25, 0.3) is 0 Å². The summed E-state index contributed by atoms with van der Waals surface area (Å²) in [5, 5.41) is 18.8. The van der Waals surface area contributed by atoms with Crippen LogP contribution in [-0.4, -0.2) is 43.4 Å². The van der Waals surface area contributed by atoms with E-state index in [1.807, 2.05) is 11.6 Å². The Balaban J connectivity index is 1.21. The van der Waals surface area contributed by atoms with Crippen LogP contribution in [0.3, 0.4) is 0 Å². The van der Waals surface area contributed by atoms with Crippen LogP contribution >= 0.6 is 23.1 Å². The molecule has 0 saturated heterocycles. The molecular formula is C20H24N6OS2. The largest absolute Gasteiger partial charge is 0.355 e. The van der Waals surface area contributed by atoms with Gasteiger partial charge in [0.2, 0.25) is 11.1 Å². The molecule has 0 radical (unpaired) electrons. The van der Waals surface area contributed by atoms with Gasteiger partial charge >= 0.3 is 0 Å². The highest BCUT2D eigenvalue weighted by Crippen LogP contribution is 2.31. The van der Waals surface area contributed by atoms with E-state index < -0.39 is 0 Å². The molecule has 0 atom stereocenters. The zero-order chi connectivity index (χ0) is 20.1. The maximum absolute atomic E-state index is 12.2. The highest BCUT2D eigenvalue weighted by molar-refractivity contribution is 7.99. The van der Waals surface area contributed by atoms with Crippen molar-refractivity contribution in [2.75, 3.05) is 12.3 Å². The van der Waals surface area contributed by atoms with Gasteiger partial charge in [-0.1, -0.05) is 48.9 Å². The molecule has 0 aliphatic heterocycles. The number of aromatic nitrogens is 5. The van der Waals surface area contributed by atoms with Crippen LogP contribution in [0.2, 0.25) is 0 Å². The van der Waals surface area contributed by atoms with Crippen molar-refractivity contribution in [1.82, 2.24) is 30.5 Å². The molecule has 1 amide bonds. The van der Waals surface area contributed by atoms with E-state index in [-0.39, 0.29) is 5.91 Å². The van der Waals surface area contributed by atoms with Gasteiger partial charge in [0.1, 0.15) is 0 Å². The average molecular weight is 429 g/mol. The Morgan fingerprint density at radius 3 is 2.79 bits per heavy atom. The van der Waals surface area contributed by atoms with Gasteiger partial charge in [-0.3, -0.25) is 4.79 Å². The molecule has 2 aromatic heterocycles. The summed E-state index contributed by atoms with van der Waals surface area (Å²) in [4.78, 5) is 16.7. The van der Waals surface area contributed by atoms with Gasteiger partial charge in [0.05, 0.1) is 22.5 Å². The lowest BCUT2D eigenvalue weighted by atomic mass is 10.1. The molecule has 2 heterocycles. The number of carbonyl (C=O) groups is 1. The van der Waals surface area contributed by atoms with Gasteiger partial charge in [-0.15, -0.1) is 16.4 Å². The number of aryl methyl sites for hydroxylation is 1. The fourth-order valence-electron chi connectivity index (χ4n) is 3.52. The molecule has 29 heavy (non-hydrogen) atoms. The first-order valence-corrected chi connectivity index (χ1v) is 11.7. The van der Waals surface area contributed by atoms with E-state index >= 15 is 0 Å². The minimum Gasteiger partial charge on any atom is -0.355 e. The number of rotatable bonds is 8. The lowest BCUT2D eigenvalue weighted by Crippen LogP contribution is -2.27. The van der Waals surface area contributed by atoms with Crippen LogP contribution in [0, 0.1) is 6.92 Å². The Morgan fingerprint density at radius 1 is 1.28 bits per heavy atom. The predicted octanol–water partition coefficient (Wildman–Crippen LogP) is 3.67. The third-order valence-corrected chi connectivity index (χ3v) is 6.78. The third kappa shape index (κ3) is 5.22. The molecule has 1 aromatic carbocycles. The zero-order valence-electron chi connectivity index (χ0n) is 16.4. The number of hydrogen-bond donors (Lipinski definition) is 1. The van der Waals surface area contributed by atoms with Crippen molar-refractivity contribution in [2.24, 2.45) is 0 Å². The summed E-state index contributed by atoms with van der Waals surface area (Å²) < 4.78 is 1.89. The summed E-state index contributed by atoms with van der Waals surface area (Å²) >= 11 is 3.06. The molecule has 4 rings (SSSR count). The summed E-state index contributed by atoms with van der Waals surface area (Å²) in [6, 6.07) is 8.75. The van der Waals surface area contributed by atoms with Gasteiger partial charge in [-0.25, -0.2) is 9.67 Å². The van der Waals surface area contributed by atoms with Crippen molar-refractivity contribution in [3.05, 3.63) is 40.2 Å². The van der Waals surface area contributed by atoms with Gasteiger partial charge in [-0.2, -0.15) is 0 Å². The molecule has 1 fully saturated rings. The first-order valence-electron chi connectivity index (χ1n) is 9.88. The molecule has 7 nitrogen and oxygen atoms in total. The minimum atomic E-state index is 0.00513. The SMILES string of the molecule is Cc1nc(-c2ccc(CCNC(=O)CSc3nnnn3C3CCCC3)cc2)cs1.